The lowest BCUT2D eigenvalue weighted by Crippen LogP contribution is -2.04. The summed E-state index contributed by atoms with van der Waals surface area (Å²) in [5.74, 6) is -0.876. The quantitative estimate of drug-likeness (QED) is 0.303. The monoisotopic (exact) mass is 299 g/mol. The van der Waals surface area contributed by atoms with Crippen LogP contribution in [0.15, 0.2) is 18.2 Å². The van der Waals surface area contributed by atoms with Gasteiger partial charge in [0.1, 0.15) is 5.75 Å². The number of esters is 1. The topological polar surface area (TPSA) is 78.7 Å². The van der Waals surface area contributed by atoms with E-state index in [2.05, 4.69) is 0 Å². The number of hydrogen-bond acceptors (Lipinski definition) is 5. The van der Waals surface area contributed by atoms with Gasteiger partial charge in [-0.3, -0.25) is 14.9 Å². The van der Waals surface area contributed by atoms with Crippen LogP contribution in [0.1, 0.15) is 32.6 Å². The molecule has 7 heteroatoms. The summed E-state index contributed by atoms with van der Waals surface area (Å²) in [6.45, 7) is 2.50. The fraction of sp³-hybridized carbons (Fsp3) is 0.500. The molecular formula is C14H18FNO5. The lowest BCUT2D eigenvalue weighted by atomic mass is 10.2. The SMILES string of the molecule is CCOC(=O)CCCCCOc1ccc([N+](=O)[O-])c(F)c1. The molecule has 116 valence electrons. The molecule has 0 atom stereocenters. The molecule has 0 heterocycles. The number of hydrogen-bond donors (Lipinski definition) is 0. The second-order valence-electron chi connectivity index (χ2n) is 4.33. The van der Waals surface area contributed by atoms with Crippen molar-refractivity contribution in [2.24, 2.45) is 0 Å². The zero-order valence-electron chi connectivity index (χ0n) is 11.8. The second-order valence-corrected chi connectivity index (χ2v) is 4.33. The summed E-state index contributed by atoms with van der Waals surface area (Å²) in [4.78, 5) is 20.7. The minimum absolute atomic E-state index is 0.212. The van der Waals surface area contributed by atoms with E-state index >= 15 is 0 Å². The van der Waals surface area contributed by atoms with Crippen LogP contribution in [0.2, 0.25) is 0 Å². The number of nitro groups is 1. The number of nitro benzene ring substituents is 1. The summed E-state index contributed by atoms with van der Waals surface area (Å²) < 4.78 is 23.4. The Morgan fingerprint density at radius 2 is 2.10 bits per heavy atom. The molecule has 0 saturated heterocycles. The molecule has 0 N–H and O–H groups in total. The fourth-order valence-electron chi connectivity index (χ4n) is 1.70. The molecule has 6 nitrogen and oxygen atoms in total. The third-order valence-electron chi connectivity index (χ3n) is 2.72. The molecular weight excluding hydrogens is 281 g/mol. The van der Waals surface area contributed by atoms with Gasteiger partial charge < -0.3 is 9.47 Å². The maximum absolute atomic E-state index is 13.3. The molecule has 0 spiro atoms. The normalized spacial score (nSPS) is 10.2. The van der Waals surface area contributed by atoms with E-state index < -0.39 is 16.4 Å². The lowest BCUT2D eigenvalue weighted by molar-refractivity contribution is -0.387. The van der Waals surface area contributed by atoms with Crippen molar-refractivity contribution in [2.75, 3.05) is 13.2 Å². The number of rotatable bonds is 9. The first-order valence-corrected chi connectivity index (χ1v) is 6.77. The maximum Gasteiger partial charge on any atom is 0.305 e. The van der Waals surface area contributed by atoms with Crippen molar-refractivity contribution in [1.82, 2.24) is 0 Å². The van der Waals surface area contributed by atoms with Gasteiger partial charge in [-0.1, -0.05) is 0 Å². The number of carbonyl (C=O) groups excluding carboxylic acids is 1. The number of ether oxygens (including phenoxy) is 2. The predicted molar refractivity (Wildman–Crippen MR) is 73.7 cm³/mol. The number of carbonyl (C=O) groups is 1. The Balaban J connectivity index is 2.23. The van der Waals surface area contributed by atoms with Crippen molar-refractivity contribution in [3.63, 3.8) is 0 Å². The fourth-order valence-corrected chi connectivity index (χ4v) is 1.70. The van der Waals surface area contributed by atoms with Crippen LogP contribution >= 0.6 is 0 Å². The summed E-state index contributed by atoms with van der Waals surface area (Å²) in [6.07, 6.45) is 2.57. The highest BCUT2D eigenvalue weighted by molar-refractivity contribution is 5.69. The van der Waals surface area contributed by atoms with E-state index in [0.29, 0.717) is 32.5 Å². The van der Waals surface area contributed by atoms with Crippen LogP contribution in [0.3, 0.4) is 0 Å². The smallest absolute Gasteiger partial charge is 0.305 e. The molecule has 1 aromatic carbocycles. The molecule has 0 aliphatic carbocycles. The second kappa shape index (κ2) is 8.89. The Bertz CT molecular complexity index is 492. The molecule has 0 saturated carbocycles. The molecule has 0 fully saturated rings. The highest BCUT2D eigenvalue weighted by atomic mass is 19.1. The van der Waals surface area contributed by atoms with Gasteiger partial charge in [0.05, 0.1) is 18.1 Å². The van der Waals surface area contributed by atoms with Crippen molar-refractivity contribution in [2.45, 2.75) is 32.6 Å². The molecule has 0 aliphatic heterocycles. The van der Waals surface area contributed by atoms with Crippen LogP contribution in [0.5, 0.6) is 5.75 Å². The Hall–Kier alpha value is -2.18. The van der Waals surface area contributed by atoms with Gasteiger partial charge in [0.2, 0.25) is 5.82 Å². The zero-order valence-corrected chi connectivity index (χ0v) is 11.8. The van der Waals surface area contributed by atoms with Gasteiger partial charge in [-0.05, 0) is 32.3 Å². The van der Waals surface area contributed by atoms with Gasteiger partial charge in [0.15, 0.2) is 0 Å². The number of unbranched alkanes of at least 4 members (excludes halogenated alkanes) is 2. The molecule has 0 unspecified atom stereocenters. The van der Waals surface area contributed by atoms with Crippen molar-refractivity contribution in [3.05, 3.63) is 34.1 Å². The first-order chi connectivity index (χ1) is 10.0. The van der Waals surface area contributed by atoms with Crippen LogP contribution in [-0.4, -0.2) is 24.1 Å². The van der Waals surface area contributed by atoms with Crippen LogP contribution in [0.25, 0.3) is 0 Å². The summed E-state index contributed by atoms with van der Waals surface area (Å²) in [7, 11) is 0. The molecule has 0 aliphatic rings. The number of halogens is 1. The minimum atomic E-state index is -0.917. The van der Waals surface area contributed by atoms with E-state index in [0.717, 1.165) is 18.6 Å². The van der Waals surface area contributed by atoms with Gasteiger partial charge in [-0.2, -0.15) is 4.39 Å². The Morgan fingerprint density at radius 1 is 1.33 bits per heavy atom. The summed E-state index contributed by atoms with van der Waals surface area (Å²) >= 11 is 0. The maximum atomic E-state index is 13.3. The van der Waals surface area contributed by atoms with Gasteiger partial charge in [-0.25, -0.2) is 0 Å². The average molecular weight is 299 g/mol. The molecule has 1 rings (SSSR count). The van der Waals surface area contributed by atoms with E-state index in [1.54, 1.807) is 6.92 Å². The molecule has 1 aromatic rings. The van der Waals surface area contributed by atoms with Gasteiger partial charge in [0.25, 0.3) is 0 Å². The highest BCUT2D eigenvalue weighted by Crippen LogP contribution is 2.22. The Morgan fingerprint density at radius 3 is 2.71 bits per heavy atom. The minimum Gasteiger partial charge on any atom is -0.493 e. The molecule has 0 aromatic heterocycles. The molecule has 0 radical (unpaired) electrons. The van der Waals surface area contributed by atoms with Crippen molar-refractivity contribution >= 4 is 11.7 Å². The first kappa shape index (κ1) is 16.9. The van der Waals surface area contributed by atoms with Crippen molar-refractivity contribution in [3.8, 4) is 5.75 Å². The largest absolute Gasteiger partial charge is 0.493 e. The van der Waals surface area contributed by atoms with E-state index in [9.17, 15) is 19.3 Å². The summed E-state index contributed by atoms with van der Waals surface area (Å²) in [6, 6.07) is 3.43. The van der Waals surface area contributed by atoms with Gasteiger partial charge in [-0.15, -0.1) is 0 Å². The predicted octanol–water partition coefficient (Wildman–Crippen LogP) is 3.24. The average Bonchev–Trinajstić information content (AvgIpc) is 2.42. The van der Waals surface area contributed by atoms with Gasteiger partial charge in [0, 0.05) is 18.6 Å². The lowest BCUT2D eigenvalue weighted by Gasteiger charge is -2.06. The third-order valence-corrected chi connectivity index (χ3v) is 2.72. The van der Waals surface area contributed by atoms with Crippen LogP contribution in [0.4, 0.5) is 10.1 Å². The van der Waals surface area contributed by atoms with Crippen LogP contribution < -0.4 is 4.74 Å². The number of benzene rings is 1. The Kier molecular flexibility index (Phi) is 7.14. The number of nitrogens with zero attached hydrogens (tertiary/aromatic N) is 1. The molecule has 0 amide bonds. The standard InChI is InChI=1S/C14H18FNO5/c1-2-20-14(17)6-4-3-5-9-21-11-7-8-13(16(18)19)12(15)10-11/h7-8,10H,2-6,9H2,1H3. The van der Waals surface area contributed by atoms with Gasteiger partial charge >= 0.3 is 11.7 Å². The van der Waals surface area contributed by atoms with Crippen LogP contribution in [0, 0.1) is 15.9 Å². The first-order valence-electron chi connectivity index (χ1n) is 6.77. The summed E-state index contributed by atoms with van der Waals surface area (Å²) in [5, 5.41) is 10.5. The summed E-state index contributed by atoms with van der Waals surface area (Å²) in [5.41, 5.74) is -0.572. The third kappa shape index (κ3) is 6.20. The molecule has 0 bridgehead atoms. The molecule has 21 heavy (non-hydrogen) atoms. The van der Waals surface area contributed by atoms with E-state index in [-0.39, 0.29) is 11.7 Å². The van der Waals surface area contributed by atoms with E-state index in [1.165, 1.54) is 6.07 Å². The Labute approximate surface area is 122 Å². The van der Waals surface area contributed by atoms with E-state index in [4.69, 9.17) is 9.47 Å². The van der Waals surface area contributed by atoms with E-state index in [1.807, 2.05) is 0 Å². The zero-order chi connectivity index (χ0) is 15.7. The van der Waals surface area contributed by atoms with Crippen molar-refractivity contribution < 1.29 is 23.6 Å². The van der Waals surface area contributed by atoms with Crippen LogP contribution in [-0.2, 0) is 9.53 Å². The highest BCUT2D eigenvalue weighted by Gasteiger charge is 2.14. The van der Waals surface area contributed by atoms with Crippen molar-refractivity contribution in [1.29, 1.82) is 0 Å².